The summed E-state index contributed by atoms with van der Waals surface area (Å²) >= 11 is 0. The van der Waals surface area contributed by atoms with Crippen molar-refractivity contribution in [1.82, 2.24) is 9.62 Å². The predicted octanol–water partition coefficient (Wildman–Crippen LogP) is 1.37. The monoisotopic (exact) mass is 308 g/mol. The lowest BCUT2D eigenvalue weighted by Gasteiger charge is -2.32. The van der Waals surface area contributed by atoms with E-state index in [9.17, 15) is 12.8 Å². The molecule has 0 aliphatic carbocycles. The van der Waals surface area contributed by atoms with Crippen LogP contribution in [0.4, 0.5) is 4.39 Å². The van der Waals surface area contributed by atoms with Gasteiger partial charge in [-0.25, -0.2) is 12.8 Å². The van der Waals surface area contributed by atoms with Crippen molar-refractivity contribution in [1.29, 1.82) is 0 Å². The fourth-order valence-electron chi connectivity index (χ4n) is 2.16. The maximum Gasteiger partial charge on any atom is 0.218 e. The van der Waals surface area contributed by atoms with Crippen molar-refractivity contribution < 1.29 is 12.8 Å². The van der Waals surface area contributed by atoms with Crippen LogP contribution in [0, 0.1) is 5.82 Å². The van der Waals surface area contributed by atoms with Gasteiger partial charge in [0.1, 0.15) is 5.82 Å². The lowest BCUT2D eigenvalue weighted by atomic mass is 10.2. The maximum absolute atomic E-state index is 13.0. The molecule has 0 saturated carbocycles. The molecule has 1 heterocycles. The van der Waals surface area contributed by atoms with Gasteiger partial charge in [-0.15, -0.1) is 12.4 Å². The first-order chi connectivity index (χ1) is 8.49. The van der Waals surface area contributed by atoms with Crippen LogP contribution in [-0.2, 0) is 15.8 Å². The van der Waals surface area contributed by atoms with Crippen LogP contribution in [0.5, 0.6) is 0 Å². The quantitative estimate of drug-likeness (QED) is 0.917. The van der Waals surface area contributed by atoms with E-state index in [4.69, 9.17) is 0 Å². The molecule has 1 aromatic rings. The van der Waals surface area contributed by atoms with Gasteiger partial charge in [0.05, 0.1) is 5.75 Å². The van der Waals surface area contributed by atoms with Gasteiger partial charge in [0, 0.05) is 25.7 Å². The summed E-state index contributed by atoms with van der Waals surface area (Å²) in [7, 11) is -3.38. The van der Waals surface area contributed by atoms with E-state index in [-0.39, 0.29) is 24.2 Å². The maximum atomic E-state index is 13.0. The molecule has 1 N–H and O–H groups in total. The highest BCUT2D eigenvalue weighted by Crippen LogP contribution is 2.15. The summed E-state index contributed by atoms with van der Waals surface area (Å²) in [5, 5.41) is 3.14. The van der Waals surface area contributed by atoms with Gasteiger partial charge in [-0.3, -0.25) is 0 Å². The molecule has 0 radical (unpaired) electrons. The number of rotatable bonds is 3. The van der Waals surface area contributed by atoms with Crippen molar-refractivity contribution in [2.75, 3.05) is 19.6 Å². The number of piperazine rings is 1. The molecule has 0 amide bonds. The number of sulfonamides is 1. The second kappa shape index (κ2) is 6.65. The minimum Gasteiger partial charge on any atom is -0.314 e. The highest BCUT2D eigenvalue weighted by Gasteiger charge is 2.29. The Morgan fingerprint density at radius 1 is 1.47 bits per heavy atom. The Labute approximate surface area is 119 Å². The van der Waals surface area contributed by atoms with E-state index >= 15 is 0 Å². The number of hydrogen-bond acceptors (Lipinski definition) is 3. The first kappa shape index (κ1) is 16.4. The van der Waals surface area contributed by atoms with E-state index < -0.39 is 15.8 Å². The van der Waals surface area contributed by atoms with Gasteiger partial charge in [0.2, 0.25) is 10.0 Å². The highest BCUT2D eigenvalue weighted by molar-refractivity contribution is 7.88. The molecule has 108 valence electrons. The zero-order valence-corrected chi connectivity index (χ0v) is 12.3. The number of halogens is 2. The average molecular weight is 309 g/mol. The SMILES string of the molecule is CC1CNCCN1S(=O)(=O)Cc1cccc(F)c1.Cl. The molecule has 1 fully saturated rings. The molecule has 1 unspecified atom stereocenters. The van der Waals surface area contributed by atoms with E-state index in [0.717, 1.165) is 0 Å². The molecule has 1 aliphatic heterocycles. The van der Waals surface area contributed by atoms with E-state index in [1.807, 2.05) is 6.92 Å². The summed E-state index contributed by atoms with van der Waals surface area (Å²) in [5.41, 5.74) is 0.487. The Balaban J connectivity index is 0.00000180. The number of benzene rings is 1. The summed E-state index contributed by atoms with van der Waals surface area (Å²) in [6.45, 7) is 3.66. The minimum absolute atomic E-state index is 0. The van der Waals surface area contributed by atoms with Gasteiger partial charge in [-0.2, -0.15) is 4.31 Å². The third-order valence-corrected chi connectivity index (χ3v) is 4.99. The van der Waals surface area contributed by atoms with Crippen molar-refractivity contribution in [3.63, 3.8) is 0 Å². The van der Waals surface area contributed by atoms with Gasteiger partial charge in [0.25, 0.3) is 0 Å². The molecule has 0 spiro atoms. The zero-order chi connectivity index (χ0) is 13.2. The Hall–Kier alpha value is -0.690. The average Bonchev–Trinajstić information content (AvgIpc) is 2.28. The van der Waals surface area contributed by atoms with Crippen LogP contribution < -0.4 is 5.32 Å². The molecule has 1 aliphatic rings. The lowest BCUT2D eigenvalue weighted by molar-refractivity contribution is 0.283. The van der Waals surface area contributed by atoms with Crippen molar-refractivity contribution in [2.45, 2.75) is 18.7 Å². The fraction of sp³-hybridized carbons (Fsp3) is 0.500. The predicted molar refractivity (Wildman–Crippen MR) is 75.3 cm³/mol. The topological polar surface area (TPSA) is 49.4 Å². The third kappa shape index (κ3) is 4.14. The van der Waals surface area contributed by atoms with Crippen LogP contribution in [0.1, 0.15) is 12.5 Å². The molecular weight excluding hydrogens is 291 g/mol. The van der Waals surface area contributed by atoms with Crippen LogP contribution in [0.2, 0.25) is 0 Å². The van der Waals surface area contributed by atoms with Crippen LogP contribution in [0.3, 0.4) is 0 Å². The van der Waals surface area contributed by atoms with Crippen molar-refractivity contribution in [3.05, 3.63) is 35.6 Å². The summed E-state index contributed by atoms with van der Waals surface area (Å²) in [6, 6.07) is 5.68. The number of hydrogen-bond donors (Lipinski definition) is 1. The van der Waals surface area contributed by atoms with Gasteiger partial charge < -0.3 is 5.32 Å². The van der Waals surface area contributed by atoms with Crippen LogP contribution in [-0.4, -0.2) is 38.4 Å². The van der Waals surface area contributed by atoms with Gasteiger partial charge >= 0.3 is 0 Å². The Bertz CT molecular complexity index is 524. The first-order valence-corrected chi connectivity index (χ1v) is 7.54. The van der Waals surface area contributed by atoms with Crippen molar-refractivity contribution >= 4 is 22.4 Å². The van der Waals surface area contributed by atoms with Gasteiger partial charge in [0.15, 0.2) is 0 Å². The van der Waals surface area contributed by atoms with Crippen molar-refractivity contribution in [3.8, 4) is 0 Å². The largest absolute Gasteiger partial charge is 0.314 e. The highest BCUT2D eigenvalue weighted by atomic mass is 35.5. The second-order valence-electron chi connectivity index (χ2n) is 4.55. The molecule has 1 atom stereocenters. The summed E-state index contributed by atoms with van der Waals surface area (Å²) < 4.78 is 39.0. The standard InChI is InChI=1S/C12H17FN2O2S.ClH/c1-10-8-14-5-6-15(10)18(16,17)9-11-3-2-4-12(13)7-11;/h2-4,7,10,14H,5-6,8-9H2,1H3;1H. The van der Waals surface area contributed by atoms with E-state index in [0.29, 0.717) is 25.2 Å². The Morgan fingerprint density at radius 2 is 2.21 bits per heavy atom. The number of nitrogens with one attached hydrogen (secondary N) is 1. The van der Waals surface area contributed by atoms with Crippen LogP contribution >= 0.6 is 12.4 Å². The second-order valence-corrected chi connectivity index (χ2v) is 6.47. The molecule has 7 heteroatoms. The van der Waals surface area contributed by atoms with Crippen molar-refractivity contribution in [2.24, 2.45) is 0 Å². The smallest absolute Gasteiger partial charge is 0.218 e. The summed E-state index contributed by atoms with van der Waals surface area (Å²) in [5.74, 6) is -0.550. The molecule has 19 heavy (non-hydrogen) atoms. The Kier molecular flexibility index (Phi) is 5.73. The molecule has 2 rings (SSSR count). The van der Waals surface area contributed by atoms with Gasteiger partial charge in [-0.1, -0.05) is 12.1 Å². The third-order valence-electron chi connectivity index (χ3n) is 3.04. The fourth-order valence-corrected chi connectivity index (χ4v) is 3.91. The molecule has 4 nitrogen and oxygen atoms in total. The van der Waals surface area contributed by atoms with Gasteiger partial charge in [-0.05, 0) is 24.6 Å². The van der Waals surface area contributed by atoms with E-state index in [1.54, 1.807) is 6.07 Å². The molecule has 1 aromatic carbocycles. The lowest BCUT2D eigenvalue weighted by Crippen LogP contribution is -2.52. The normalized spacial score (nSPS) is 20.8. The van der Waals surface area contributed by atoms with E-state index in [2.05, 4.69) is 5.32 Å². The molecular formula is C12H18ClFN2O2S. The van der Waals surface area contributed by atoms with E-state index in [1.165, 1.54) is 22.5 Å². The first-order valence-electron chi connectivity index (χ1n) is 5.94. The summed E-state index contributed by atoms with van der Waals surface area (Å²) in [6.07, 6.45) is 0. The summed E-state index contributed by atoms with van der Waals surface area (Å²) in [4.78, 5) is 0. The molecule has 1 saturated heterocycles. The molecule has 0 aromatic heterocycles. The Morgan fingerprint density at radius 3 is 2.84 bits per heavy atom. The minimum atomic E-state index is -3.38. The molecule has 0 bridgehead atoms. The zero-order valence-electron chi connectivity index (χ0n) is 10.7. The van der Waals surface area contributed by atoms with Crippen LogP contribution in [0.25, 0.3) is 0 Å². The number of nitrogens with zero attached hydrogens (tertiary/aromatic N) is 1. The van der Waals surface area contributed by atoms with Crippen LogP contribution in [0.15, 0.2) is 24.3 Å².